The molecule has 37 heavy (non-hydrogen) atoms. The first-order chi connectivity index (χ1) is 17.6. The molecule has 204 valence electrons. The smallest absolute Gasteiger partial charge is 0.247 e. The summed E-state index contributed by atoms with van der Waals surface area (Å²) >= 11 is 0. The second-order valence-corrected chi connectivity index (χ2v) is 10.3. The second-order valence-electron chi connectivity index (χ2n) is 10.3. The van der Waals surface area contributed by atoms with Crippen LogP contribution in [0.2, 0.25) is 0 Å². The highest BCUT2D eigenvalue weighted by molar-refractivity contribution is 5.94. The second kappa shape index (κ2) is 12.4. The molecule has 1 saturated heterocycles. The summed E-state index contributed by atoms with van der Waals surface area (Å²) in [6, 6.07) is 3.40. The lowest BCUT2D eigenvalue weighted by atomic mass is 9.96. The molecule has 1 aromatic rings. The zero-order valence-electron chi connectivity index (χ0n) is 23.1. The van der Waals surface area contributed by atoms with E-state index in [0.29, 0.717) is 30.9 Å². The number of amides is 3. The van der Waals surface area contributed by atoms with Gasteiger partial charge in [-0.15, -0.1) is 0 Å². The quantitative estimate of drug-likeness (QED) is 0.580. The Morgan fingerprint density at radius 3 is 2.54 bits per heavy atom. The monoisotopic (exact) mass is 514 g/mol. The van der Waals surface area contributed by atoms with Crippen LogP contribution in [-0.4, -0.2) is 79.5 Å². The van der Waals surface area contributed by atoms with Crippen molar-refractivity contribution in [2.75, 3.05) is 27.7 Å². The van der Waals surface area contributed by atoms with E-state index in [4.69, 9.17) is 9.47 Å². The summed E-state index contributed by atoms with van der Waals surface area (Å²) in [4.78, 5) is 44.4. The van der Waals surface area contributed by atoms with Crippen molar-refractivity contribution in [3.63, 3.8) is 0 Å². The zero-order chi connectivity index (χ0) is 27.3. The molecule has 6 atom stereocenters. The molecular weight excluding hydrogens is 472 g/mol. The molecule has 3 rings (SSSR count). The van der Waals surface area contributed by atoms with Crippen LogP contribution in [0.15, 0.2) is 24.4 Å². The average molecular weight is 515 g/mol. The van der Waals surface area contributed by atoms with Gasteiger partial charge in [0, 0.05) is 24.7 Å². The number of hydrogen-bond acceptors (Lipinski definition) is 6. The molecule has 2 N–H and O–H groups in total. The van der Waals surface area contributed by atoms with E-state index in [2.05, 4.69) is 17.6 Å². The van der Waals surface area contributed by atoms with Crippen LogP contribution in [0.4, 0.5) is 0 Å². The number of nitrogens with zero attached hydrogens (tertiary/aromatic N) is 2. The fraction of sp³-hybridized carbons (Fsp3) is 0.607. The van der Waals surface area contributed by atoms with E-state index in [0.717, 1.165) is 12.0 Å². The van der Waals surface area contributed by atoms with Crippen molar-refractivity contribution in [3.8, 4) is 11.5 Å². The molecule has 0 spiro atoms. The number of carbonyl (C=O) groups is 3. The third kappa shape index (κ3) is 6.26. The van der Waals surface area contributed by atoms with E-state index in [-0.39, 0.29) is 35.6 Å². The van der Waals surface area contributed by atoms with Gasteiger partial charge in [-0.05, 0) is 50.2 Å². The molecule has 2 aliphatic rings. The van der Waals surface area contributed by atoms with Gasteiger partial charge in [0.25, 0.3) is 0 Å². The van der Waals surface area contributed by atoms with Crippen LogP contribution in [0, 0.1) is 11.8 Å². The number of ether oxygens (including phenoxy) is 2. The van der Waals surface area contributed by atoms with Crippen molar-refractivity contribution in [3.05, 3.63) is 30.0 Å². The van der Waals surface area contributed by atoms with E-state index in [1.165, 1.54) is 0 Å². The number of likely N-dealkylation sites (N-methyl/N-ethyl adjacent to an activating group) is 1. The molecule has 3 amide bonds. The van der Waals surface area contributed by atoms with Gasteiger partial charge in [0.05, 0.1) is 13.2 Å². The zero-order valence-corrected chi connectivity index (χ0v) is 23.1. The summed E-state index contributed by atoms with van der Waals surface area (Å²) < 4.78 is 11.8. The summed E-state index contributed by atoms with van der Waals surface area (Å²) in [5.74, 6) is 0.390. The number of rotatable bonds is 7. The number of nitrogens with one attached hydrogen (secondary N) is 2. The SMILES string of the molecule is CC[C@H](C)[C@@H]1NC(=O)[C@@H]2[C@H](CCN2C(=O)[C@H]([C@@H](C)CC)N(C)C)Oc2ccc(OC)c(c2)/C=C/NC1=O. The summed E-state index contributed by atoms with van der Waals surface area (Å²) in [5, 5.41) is 5.76. The van der Waals surface area contributed by atoms with Crippen molar-refractivity contribution in [1.82, 2.24) is 20.4 Å². The van der Waals surface area contributed by atoms with Gasteiger partial charge in [0.1, 0.15) is 29.7 Å². The molecule has 9 heteroatoms. The van der Waals surface area contributed by atoms with Gasteiger partial charge in [-0.1, -0.05) is 40.5 Å². The van der Waals surface area contributed by atoms with Crippen molar-refractivity contribution in [2.45, 2.75) is 71.2 Å². The molecule has 1 fully saturated rings. The van der Waals surface area contributed by atoms with Gasteiger partial charge in [-0.3, -0.25) is 19.3 Å². The van der Waals surface area contributed by atoms with Gasteiger partial charge in [0.2, 0.25) is 17.7 Å². The largest absolute Gasteiger partial charge is 0.496 e. The lowest BCUT2D eigenvalue weighted by Gasteiger charge is -2.36. The van der Waals surface area contributed by atoms with Crippen LogP contribution in [0.3, 0.4) is 0 Å². The van der Waals surface area contributed by atoms with E-state index in [9.17, 15) is 14.4 Å². The van der Waals surface area contributed by atoms with E-state index >= 15 is 0 Å². The molecule has 9 nitrogen and oxygen atoms in total. The highest BCUT2D eigenvalue weighted by Gasteiger charge is 2.47. The maximum Gasteiger partial charge on any atom is 0.247 e. The Morgan fingerprint density at radius 1 is 1.19 bits per heavy atom. The molecule has 0 aromatic heterocycles. The lowest BCUT2D eigenvalue weighted by Crippen LogP contribution is -2.60. The maximum absolute atomic E-state index is 13.9. The minimum atomic E-state index is -0.863. The first-order valence-corrected chi connectivity index (χ1v) is 13.2. The molecule has 0 radical (unpaired) electrons. The highest BCUT2D eigenvalue weighted by Crippen LogP contribution is 2.31. The van der Waals surface area contributed by atoms with Gasteiger partial charge in [-0.25, -0.2) is 0 Å². The van der Waals surface area contributed by atoms with Crippen LogP contribution >= 0.6 is 0 Å². The number of benzene rings is 1. The first kappa shape index (κ1) is 28.5. The van der Waals surface area contributed by atoms with Crippen molar-refractivity contribution >= 4 is 23.8 Å². The molecule has 1 aromatic carbocycles. The fourth-order valence-corrected chi connectivity index (χ4v) is 5.15. The highest BCUT2D eigenvalue weighted by atomic mass is 16.5. The standard InChI is InChI=1S/C28H42N4O5/c1-8-17(3)23-26(33)29-14-12-19-16-20(10-11-21(19)36-7)37-22-13-15-32(25(22)27(34)30-23)28(35)24(31(5)6)18(4)9-2/h10-12,14,16-18,22-25H,8-9,13,15H2,1-7H3,(H,29,33)(H,30,34)/b14-12+/t17-,18-,22-,23-,24-,25-/m0/s1. The predicted molar refractivity (Wildman–Crippen MR) is 143 cm³/mol. The molecular formula is C28H42N4O5. The molecule has 2 heterocycles. The minimum absolute atomic E-state index is 0.100. The van der Waals surface area contributed by atoms with E-state index in [1.807, 2.05) is 45.8 Å². The van der Waals surface area contributed by atoms with Gasteiger partial charge < -0.3 is 25.0 Å². The van der Waals surface area contributed by atoms with Gasteiger partial charge >= 0.3 is 0 Å². The van der Waals surface area contributed by atoms with Crippen LogP contribution in [0.25, 0.3) is 6.08 Å². The number of fused-ring (bicyclic) bond motifs is 3. The Kier molecular flexibility index (Phi) is 9.59. The Bertz CT molecular complexity index is 1010. The van der Waals surface area contributed by atoms with Crippen molar-refractivity contribution in [1.29, 1.82) is 0 Å². The number of hydrogen-bond donors (Lipinski definition) is 2. The summed E-state index contributed by atoms with van der Waals surface area (Å²) in [6.45, 7) is 8.40. The number of carbonyl (C=O) groups excluding carboxylic acids is 3. The van der Waals surface area contributed by atoms with E-state index in [1.54, 1.807) is 36.4 Å². The Labute approximate surface area is 220 Å². The Morgan fingerprint density at radius 2 is 1.92 bits per heavy atom. The third-order valence-corrected chi connectivity index (χ3v) is 7.66. The number of methoxy groups -OCH3 is 1. The summed E-state index contributed by atoms with van der Waals surface area (Å²) in [6.07, 6.45) is 4.76. The van der Waals surface area contributed by atoms with Gasteiger partial charge in [-0.2, -0.15) is 0 Å². The van der Waals surface area contributed by atoms with Crippen molar-refractivity contribution < 1.29 is 23.9 Å². The third-order valence-electron chi connectivity index (χ3n) is 7.66. The Hall–Kier alpha value is -3.07. The molecule has 0 saturated carbocycles. The fourth-order valence-electron chi connectivity index (χ4n) is 5.15. The topological polar surface area (TPSA) is 100 Å². The van der Waals surface area contributed by atoms with Crippen LogP contribution in [-0.2, 0) is 14.4 Å². The molecule has 2 aliphatic heterocycles. The first-order valence-electron chi connectivity index (χ1n) is 13.2. The number of likely N-dealkylation sites (tertiary alicyclic amines) is 1. The minimum Gasteiger partial charge on any atom is -0.496 e. The molecule has 2 bridgehead atoms. The van der Waals surface area contributed by atoms with Crippen LogP contribution in [0.5, 0.6) is 11.5 Å². The lowest BCUT2D eigenvalue weighted by molar-refractivity contribution is -0.145. The maximum atomic E-state index is 13.9. The normalized spacial score (nSPS) is 25.3. The Balaban J connectivity index is 2.05. The van der Waals surface area contributed by atoms with Gasteiger partial charge in [0.15, 0.2) is 0 Å². The molecule has 0 aliphatic carbocycles. The van der Waals surface area contributed by atoms with Crippen LogP contribution in [0.1, 0.15) is 52.5 Å². The molecule has 0 unspecified atom stereocenters. The summed E-state index contributed by atoms with van der Waals surface area (Å²) in [5.41, 5.74) is 0.728. The average Bonchev–Trinajstić information content (AvgIpc) is 3.29. The van der Waals surface area contributed by atoms with E-state index < -0.39 is 18.2 Å². The summed E-state index contributed by atoms with van der Waals surface area (Å²) in [7, 11) is 5.35. The van der Waals surface area contributed by atoms with Crippen LogP contribution < -0.4 is 20.1 Å². The van der Waals surface area contributed by atoms with Crippen molar-refractivity contribution in [2.24, 2.45) is 11.8 Å². The predicted octanol–water partition coefficient (Wildman–Crippen LogP) is 2.65.